The molecular formula is C22H22N2O3. The monoisotopic (exact) mass is 362 g/mol. The van der Waals surface area contributed by atoms with Crippen molar-refractivity contribution in [1.29, 1.82) is 0 Å². The molecule has 2 amide bonds. The molecule has 3 aromatic rings. The van der Waals surface area contributed by atoms with Crippen LogP contribution in [0.25, 0.3) is 10.8 Å². The number of hydrogen-bond acceptors (Lipinski definition) is 3. The van der Waals surface area contributed by atoms with Crippen molar-refractivity contribution in [3.05, 3.63) is 77.4 Å². The summed E-state index contributed by atoms with van der Waals surface area (Å²) in [7, 11) is 0. The normalized spacial score (nSPS) is 11.7. The Morgan fingerprint density at radius 1 is 0.852 bits per heavy atom. The summed E-state index contributed by atoms with van der Waals surface area (Å²) in [6.07, 6.45) is -0.759. The highest BCUT2D eigenvalue weighted by Crippen LogP contribution is 2.21. The molecule has 0 bridgehead atoms. The van der Waals surface area contributed by atoms with E-state index in [4.69, 9.17) is 4.74 Å². The molecule has 1 unspecified atom stereocenters. The molecule has 1 atom stereocenters. The van der Waals surface area contributed by atoms with Crippen molar-refractivity contribution in [3.63, 3.8) is 0 Å². The topological polar surface area (TPSA) is 67.4 Å². The number of hydrogen-bond donors (Lipinski definition) is 2. The summed E-state index contributed by atoms with van der Waals surface area (Å²) < 4.78 is 5.70. The second-order valence-corrected chi connectivity index (χ2v) is 6.59. The van der Waals surface area contributed by atoms with Crippen LogP contribution in [-0.4, -0.2) is 17.9 Å². The first-order valence-corrected chi connectivity index (χ1v) is 8.76. The number of carbonyl (C=O) groups excluding carboxylic acids is 2. The van der Waals surface area contributed by atoms with E-state index in [9.17, 15) is 9.59 Å². The minimum absolute atomic E-state index is 0.368. The van der Waals surface area contributed by atoms with E-state index in [-0.39, 0.29) is 5.91 Å². The lowest BCUT2D eigenvalue weighted by atomic mass is 10.1. The van der Waals surface area contributed by atoms with E-state index < -0.39 is 12.0 Å². The zero-order valence-corrected chi connectivity index (χ0v) is 15.6. The zero-order chi connectivity index (χ0) is 19.4. The summed E-state index contributed by atoms with van der Waals surface area (Å²) in [6, 6.07) is 19.1. The Balaban J connectivity index is 1.59. The predicted molar refractivity (Wildman–Crippen MR) is 106 cm³/mol. The van der Waals surface area contributed by atoms with Gasteiger partial charge in [-0.2, -0.15) is 0 Å². The third-order valence-electron chi connectivity index (χ3n) is 4.19. The van der Waals surface area contributed by atoms with E-state index in [1.165, 1.54) is 0 Å². The maximum atomic E-state index is 12.2. The highest BCUT2D eigenvalue weighted by molar-refractivity contribution is 5.96. The SMILES string of the molecule is Cc1cc(C)cc(C(=O)NNC(=O)C(C)Oc2ccc3ccccc3c2)c1. The van der Waals surface area contributed by atoms with Crippen LogP contribution in [0.5, 0.6) is 5.75 Å². The Morgan fingerprint density at radius 3 is 2.22 bits per heavy atom. The number of amides is 2. The second-order valence-electron chi connectivity index (χ2n) is 6.59. The second kappa shape index (κ2) is 7.91. The van der Waals surface area contributed by atoms with Crippen LogP contribution < -0.4 is 15.6 Å². The highest BCUT2D eigenvalue weighted by Gasteiger charge is 2.16. The van der Waals surface area contributed by atoms with Crippen molar-refractivity contribution in [2.24, 2.45) is 0 Å². The van der Waals surface area contributed by atoms with E-state index >= 15 is 0 Å². The minimum atomic E-state index is -0.759. The van der Waals surface area contributed by atoms with Crippen LogP contribution >= 0.6 is 0 Å². The maximum absolute atomic E-state index is 12.2. The molecule has 0 aromatic heterocycles. The molecule has 27 heavy (non-hydrogen) atoms. The molecule has 0 aliphatic carbocycles. The average Bonchev–Trinajstić information content (AvgIpc) is 2.64. The molecule has 0 saturated carbocycles. The number of rotatable bonds is 4. The molecule has 5 heteroatoms. The van der Waals surface area contributed by atoms with Gasteiger partial charge in [0.1, 0.15) is 5.75 Å². The van der Waals surface area contributed by atoms with Crippen LogP contribution in [0.1, 0.15) is 28.4 Å². The summed E-state index contributed by atoms with van der Waals surface area (Å²) in [5.74, 6) is -0.203. The van der Waals surface area contributed by atoms with E-state index in [1.54, 1.807) is 19.1 Å². The van der Waals surface area contributed by atoms with Gasteiger partial charge >= 0.3 is 0 Å². The Morgan fingerprint density at radius 2 is 1.52 bits per heavy atom. The van der Waals surface area contributed by atoms with Crippen LogP contribution in [-0.2, 0) is 4.79 Å². The van der Waals surface area contributed by atoms with Crippen LogP contribution in [0.15, 0.2) is 60.7 Å². The number of aryl methyl sites for hydroxylation is 2. The van der Waals surface area contributed by atoms with Crippen molar-refractivity contribution in [2.75, 3.05) is 0 Å². The molecule has 138 valence electrons. The predicted octanol–water partition coefficient (Wildman–Crippen LogP) is 3.69. The van der Waals surface area contributed by atoms with Crippen LogP contribution in [0, 0.1) is 13.8 Å². The molecule has 0 heterocycles. The van der Waals surface area contributed by atoms with Gasteiger partial charge in [-0.15, -0.1) is 0 Å². The number of fused-ring (bicyclic) bond motifs is 1. The molecule has 3 aromatic carbocycles. The van der Waals surface area contributed by atoms with E-state index in [2.05, 4.69) is 10.9 Å². The summed E-state index contributed by atoms with van der Waals surface area (Å²) in [5.41, 5.74) is 7.31. The Kier molecular flexibility index (Phi) is 5.41. The molecule has 2 N–H and O–H groups in total. The third kappa shape index (κ3) is 4.64. The average molecular weight is 362 g/mol. The molecule has 0 radical (unpaired) electrons. The van der Waals surface area contributed by atoms with Crippen LogP contribution in [0.4, 0.5) is 0 Å². The van der Waals surface area contributed by atoms with Crippen LogP contribution in [0.2, 0.25) is 0 Å². The van der Waals surface area contributed by atoms with Crippen molar-refractivity contribution >= 4 is 22.6 Å². The molecule has 3 rings (SSSR count). The molecule has 0 spiro atoms. The Hall–Kier alpha value is -3.34. The fourth-order valence-corrected chi connectivity index (χ4v) is 2.90. The van der Waals surface area contributed by atoms with Crippen molar-refractivity contribution in [1.82, 2.24) is 10.9 Å². The fraction of sp³-hybridized carbons (Fsp3) is 0.182. The summed E-state index contributed by atoms with van der Waals surface area (Å²) in [6.45, 7) is 5.47. The molecule has 0 fully saturated rings. The fourth-order valence-electron chi connectivity index (χ4n) is 2.90. The lowest BCUT2D eigenvalue weighted by Crippen LogP contribution is -2.47. The van der Waals surface area contributed by atoms with Gasteiger partial charge in [0.2, 0.25) is 0 Å². The van der Waals surface area contributed by atoms with E-state index in [0.717, 1.165) is 21.9 Å². The standard InChI is InChI=1S/C22H22N2O3/c1-14-10-15(2)12-19(11-14)22(26)24-23-21(25)16(3)27-20-9-8-17-6-4-5-7-18(17)13-20/h4-13,16H,1-3H3,(H,23,25)(H,24,26). The number of hydrazine groups is 1. The number of carbonyl (C=O) groups is 2. The van der Waals surface area contributed by atoms with Gasteiger partial charge in [-0.3, -0.25) is 20.4 Å². The molecule has 5 nitrogen and oxygen atoms in total. The van der Waals surface area contributed by atoms with Gasteiger partial charge in [-0.25, -0.2) is 0 Å². The highest BCUT2D eigenvalue weighted by atomic mass is 16.5. The van der Waals surface area contributed by atoms with Crippen molar-refractivity contribution in [3.8, 4) is 5.75 Å². The summed E-state index contributed by atoms with van der Waals surface area (Å²) in [4.78, 5) is 24.4. The van der Waals surface area contributed by atoms with E-state index in [1.807, 2.05) is 62.4 Å². The maximum Gasteiger partial charge on any atom is 0.279 e. The lowest BCUT2D eigenvalue weighted by Gasteiger charge is -2.16. The molecule has 0 saturated heterocycles. The van der Waals surface area contributed by atoms with Gasteiger partial charge in [0, 0.05) is 5.56 Å². The number of benzene rings is 3. The molecular weight excluding hydrogens is 340 g/mol. The van der Waals surface area contributed by atoms with Crippen LogP contribution in [0.3, 0.4) is 0 Å². The van der Waals surface area contributed by atoms with Gasteiger partial charge < -0.3 is 4.74 Å². The van der Waals surface area contributed by atoms with Crippen molar-refractivity contribution < 1.29 is 14.3 Å². The first kappa shape index (κ1) is 18.5. The Labute approximate surface area is 158 Å². The molecule has 0 aliphatic rings. The first-order valence-electron chi connectivity index (χ1n) is 8.76. The summed E-state index contributed by atoms with van der Waals surface area (Å²) >= 11 is 0. The van der Waals surface area contributed by atoms with Gasteiger partial charge in [0.05, 0.1) is 0 Å². The minimum Gasteiger partial charge on any atom is -0.481 e. The number of ether oxygens (including phenoxy) is 1. The van der Waals surface area contributed by atoms with Gasteiger partial charge in [-0.05, 0) is 55.8 Å². The van der Waals surface area contributed by atoms with E-state index in [0.29, 0.717) is 11.3 Å². The smallest absolute Gasteiger partial charge is 0.279 e. The van der Waals surface area contributed by atoms with Crippen molar-refractivity contribution in [2.45, 2.75) is 26.9 Å². The quantitative estimate of drug-likeness (QED) is 0.696. The zero-order valence-electron chi connectivity index (χ0n) is 15.6. The van der Waals surface area contributed by atoms with Gasteiger partial charge in [0.15, 0.2) is 6.10 Å². The molecule has 0 aliphatic heterocycles. The third-order valence-corrected chi connectivity index (χ3v) is 4.19. The Bertz CT molecular complexity index is 978. The first-order chi connectivity index (χ1) is 12.9. The van der Waals surface area contributed by atoms with Gasteiger partial charge in [0.25, 0.3) is 11.8 Å². The number of nitrogens with one attached hydrogen (secondary N) is 2. The lowest BCUT2D eigenvalue weighted by molar-refractivity contribution is -0.128. The van der Waals surface area contributed by atoms with Gasteiger partial charge in [-0.1, -0.05) is 47.5 Å². The largest absolute Gasteiger partial charge is 0.481 e. The summed E-state index contributed by atoms with van der Waals surface area (Å²) in [5, 5.41) is 2.13.